The van der Waals surface area contributed by atoms with Crippen LogP contribution in [0.25, 0.3) is 10.9 Å². The Morgan fingerprint density at radius 1 is 1.12 bits per heavy atom. The van der Waals surface area contributed by atoms with Crippen LogP contribution in [0.2, 0.25) is 10.0 Å². The summed E-state index contributed by atoms with van der Waals surface area (Å²) in [5.74, 6) is 1.46. The van der Waals surface area contributed by atoms with Crippen molar-refractivity contribution in [1.82, 2.24) is 15.1 Å². The Morgan fingerprint density at radius 2 is 1.88 bits per heavy atom. The zero-order valence-electron chi connectivity index (χ0n) is 13.9. The van der Waals surface area contributed by atoms with Gasteiger partial charge in [0.2, 0.25) is 0 Å². The number of rotatable bonds is 3. The van der Waals surface area contributed by atoms with Crippen molar-refractivity contribution in [2.45, 2.75) is 39.7 Å². The van der Waals surface area contributed by atoms with E-state index < -0.39 is 0 Å². The molecule has 0 saturated carbocycles. The molecule has 24 heavy (non-hydrogen) atoms. The zero-order chi connectivity index (χ0) is 17.5. The molecule has 0 aliphatic rings. The summed E-state index contributed by atoms with van der Waals surface area (Å²) < 4.78 is 11.1. The molecule has 0 fully saturated rings. The summed E-state index contributed by atoms with van der Waals surface area (Å²) in [5.41, 5.74) is 1.27. The van der Waals surface area contributed by atoms with Crippen LogP contribution in [-0.4, -0.2) is 15.1 Å². The van der Waals surface area contributed by atoms with E-state index >= 15 is 0 Å². The number of aromatic nitrogens is 3. The first-order valence-electron chi connectivity index (χ1n) is 7.47. The normalized spacial score (nSPS) is 11.9. The molecular formula is C17H17Cl2N3O2. The smallest absolute Gasteiger partial charge is 0.264 e. The van der Waals surface area contributed by atoms with E-state index in [9.17, 15) is 0 Å². The van der Waals surface area contributed by atoms with Gasteiger partial charge in [-0.05, 0) is 25.1 Å². The van der Waals surface area contributed by atoms with Gasteiger partial charge in [-0.15, -0.1) is 0 Å². The highest BCUT2D eigenvalue weighted by atomic mass is 35.5. The molecule has 5 nitrogen and oxygen atoms in total. The van der Waals surface area contributed by atoms with Crippen LogP contribution in [-0.2, 0) is 12.0 Å². The average Bonchev–Trinajstić information content (AvgIpc) is 2.95. The molecule has 3 aromatic rings. The van der Waals surface area contributed by atoms with Gasteiger partial charge in [0.1, 0.15) is 5.52 Å². The molecule has 126 valence electrons. The maximum Gasteiger partial charge on any atom is 0.264 e. The third kappa shape index (κ3) is 3.32. The predicted molar refractivity (Wildman–Crippen MR) is 93.8 cm³/mol. The van der Waals surface area contributed by atoms with Gasteiger partial charge < -0.3 is 9.26 Å². The number of benzene rings is 1. The van der Waals surface area contributed by atoms with Crippen LogP contribution in [0, 0.1) is 6.92 Å². The van der Waals surface area contributed by atoms with Gasteiger partial charge in [-0.2, -0.15) is 4.98 Å². The number of halogens is 2. The molecule has 0 aliphatic heterocycles. The minimum absolute atomic E-state index is 0.106. The van der Waals surface area contributed by atoms with Gasteiger partial charge in [-0.3, -0.25) is 0 Å². The molecule has 0 bridgehead atoms. The second-order valence-corrected chi connectivity index (χ2v) is 7.38. The van der Waals surface area contributed by atoms with E-state index in [1.807, 2.05) is 39.8 Å². The highest BCUT2D eigenvalue weighted by Crippen LogP contribution is 2.37. The third-order valence-electron chi connectivity index (χ3n) is 3.46. The van der Waals surface area contributed by atoms with Crippen molar-refractivity contribution in [2.75, 3.05) is 0 Å². The monoisotopic (exact) mass is 365 g/mol. The Kier molecular flexibility index (Phi) is 4.40. The van der Waals surface area contributed by atoms with Crippen LogP contribution < -0.4 is 4.74 Å². The van der Waals surface area contributed by atoms with Gasteiger partial charge in [0, 0.05) is 16.5 Å². The van der Waals surface area contributed by atoms with E-state index in [2.05, 4.69) is 15.1 Å². The van der Waals surface area contributed by atoms with Gasteiger partial charge in [0.05, 0.1) is 10.0 Å². The molecule has 1 aromatic carbocycles. The van der Waals surface area contributed by atoms with Crippen molar-refractivity contribution in [1.29, 1.82) is 0 Å². The van der Waals surface area contributed by atoms with E-state index in [0.717, 1.165) is 11.1 Å². The van der Waals surface area contributed by atoms with Crippen molar-refractivity contribution < 1.29 is 9.26 Å². The number of hydrogen-bond acceptors (Lipinski definition) is 5. The minimum Gasteiger partial charge on any atom is -0.480 e. The largest absolute Gasteiger partial charge is 0.480 e. The molecule has 0 saturated heterocycles. The van der Waals surface area contributed by atoms with E-state index in [1.165, 1.54) is 0 Å². The quantitative estimate of drug-likeness (QED) is 0.645. The van der Waals surface area contributed by atoms with Crippen LogP contribution in [0.15, 0.2) is 22.7 Å². The zero-order valence-corrected chi connectivity index (χ0v) is 15.4. The van der Waals surface area contributed by atoms with Crippen LogP contribution in [0.5, 0.6) is 5.75 Å². The second kappa shape index (κ2) is 6.22. The highest BCUT2D eigenvalue weighted by molar-refractivity contribution is 6.39. The molecule has 0 aliphatic carbocycles. The first kappa shape index (κ1) is 17.0. The van der Waals surface area contributed by atoms with Gasteiger partial charge in [0.25, 0.3) is 5.89 Å². The van der Waals surface area contributed by atoms with Gasteiger partial charge in [-0.25, -0.2) is 4.98 Å². The lowest BCUT2D eigenvalue weighted by atomic mass is 9.96. The molecule has 0 spiro atoms. The number of nitrogens with zero attached hydrogens (tertiary/aromatic N) is 3. The minimum atomic E-state index is -0.189. The summed E-state index contributed by atoms with van der Waals surface area (Å²) in [6.45, 7) is 8.04. The predicted octanol–water partition coefficient (Wildman–Crippen LogP) is 5.11. The van der Waals surface area contributed by atoms with Crippen molar-refractivity contribution in [3.63, 3.8) is 0 Å². The summed E-state index contributed by atoms with van der Waals surface area (Å²) in [6.07, 6.45) is 0. The Hall–Kier alpha value is -1.85. The third-order valence-corrected chi connectivity index (χ3v) is 4.05. The molecule has 0 radical (unpaired) electrons. The standard InChI is InChI=1S/C17H17Cl2N3O2/c1-9-5-6-10-11(18)7-12(19)15(14(10)20-9)23-8-13-21-16(22-24-13)17(2,3)4/h5-7H,8H2,1-4H3. The summed E-state index contributed by atoms with van der Waals surface area (Å²) in [5, 5.41) is 5.68. The van der Waals surface area contributed by atoms with E-state index in [-0.39, 0.29) is 12.0 Å². The van der Waals surface area contributed by atoms with Gasteiger partial charge in [0.15, 0.2) is 18.2 Å². The fourth-order valence-corrected chi connectivity index (χ4v) is 2.75. The van der Waals surface area contributed by atoms with E-state index in [1.54, 1.807) is 6.07 Å². The number of pyridine rings is 1. The maximum absolute atomic E-state index is 6.29. The Bertz CT molecular complexity index is 901. The number of hydrogen-bond donors (Lipinski definition) is 0. The van der Waals surface area contributed by atoms with Gasteiger partial charge >= 0.3 is 0 Å². The summed E-state index contributed by atoms with van der Waals surface area (Å²) in [6, 6.07) is 5.43. The molecule has 0 unspecified atom stereocenters. The summed E-state index contributed by atoms with van der Waals surface area (Å²) in [4.78, 5) is 8.84. The number of fused-ring (bicyclic) bond motifs is 1. The SMILES string of the molecule is Cc1ccc2c(Cl)cc(Cl)c(OCc3nc(C(C)(C)C)no3)c2n1. The van der Waals surface area contributed by atoms with E-state index in [4.69, 9.17) is 32.5 Å². The summed E-state index contributed by atoms with van der Waals surface area (Å²) >= 11 is 12.5. The molecular weight excluding hydrogens is 349 g/mol. The Morgan fingerprint density at radius 3 is 2.54 bits per heavy atom. The van der Waals surface area contributed by atoms with Crippen molar-refractivity contribution in [3.8, 4) is 5.75 Å². The Balaban J connectivity index is 1.93. The average molecular weight is 366 g/mol. The molecule has 2 heterocycles. The molecule has 3 rings (SSSR count). The van der Waals surface area contributed by atoms with Crippen LogP contribution >= 0.6 is 23.2 Å². The lowest BCUT2D eigenvalue weighted by Crippen LogP contribution is -2.13. The van der Waals surface area contributed by atoms with Crippen molar-refractivity contribution in [3.05, 3.63) is 45.7 Å². The van der Waals surface area contributed by atoms with Crippen molar-refractivity contribution in [2.24, 2.45) is 0 Å². The van der Waals surface area contributed by atoms with Crippen molar-refractivity contribution >= 4 is 34.1 Å². The maximum atomic E-state index is 6.29. The Labute approximate surface area is 149 Å². The number of aryl methyl sites for hydroxylation is 1. The highest BCUT2D eigenvalue weighted by Gasteiger charge is 2.21. The molecule has 0 N–H and O–H groups in total. The molecule has 0 amide bonds. The number of ether oxygens (including phenoxy) is 1. The van der Waals surface area contributed by atoms with Crippen LogP contribution in [0.4, 0.5) is 0 Å². The van der Waals surface area contributed by atoms with Gasteiger partial charge in [-0.1, -0.05) is 49.1 Å². The molecule has 7 heteroatoms. The fraction of sp³-hybridized carbons (Fsp3) is 0.353. The molecule has 0 atom stereocenters. The fourth-order valence-electron chi connectivity index (χ4n) is 2.18. The first-order chi connectivity index (χ1) is 11.3. The lowest BCUT2D eigenvalue weighted by molar-refractivity contribution is 0.244. The lowest BCUT2D eigenvalue weighted by Gasteiger charge is -2.11. The van der Waals surface area contributed by atoms with Crippen LogP contribution in [0.3, 0.4) is 0 Å². The first-order valence-corrected chi connectivity index (χ1v) is 8.22. The second-order valence-electron chi connectivity index (χ2n) is 6.57. The summed E-state index contributed by atoms with van der Waals surface area (Å²) in [7, 11) is 0. The topological polar surface area (TPSA) is 61.0 Å². The van der Waals surface area contributed by atoms with E-state index in [0.29, 0.717) is 33.0 Å². The van der Waals surface area contributed by atoms with Crippen LogP contribution in [0.1, 0.15) is 38.2 Å². The molecule has 2 aromatic heterocycles.